The van der Waals surface area contributed by atoms with E-state index in [1.165, 1.54) is 5.56 Å². The predicted molar refractivity (Wildman–Crippen MR) is 163 cm³/mol. The number of carbonyl (C=O) groups is 2. The van der Waals surface area contributed by atoms with Crippen molar-refractivity contribution in [2.75, 3.05) is 7.11 Å². The van der Waals surface area contributed by atoms with Gasteiger partial charge in [-0.3, -0.25) is 9.59 Å². The zero-order valence-corrected chi connectivity index (χ0v) is 24.8. The predicted octanol–water partition coefficient (Wildman–Crippen LogP) is 7.49. The van der Waals surface area contributed by atoms with Gasteiger partial charge < -0.3 is 14.4 Å². The number of ether oxygens (including phenoxy) is 2. The molecule has 5 nitrogen and oxygen atoms in total. The lowest BCUT2D eigenvalue weighted by Crippen LogP contribution is -2.38. The van der Waals surface area contributed by atoms with E-state index in [-0.39, 0.29) is 17.5 Å². The average molecular weight is 646 g/mol. The van der Waals surface area contributed by atoms with Crippen molar-refractivity contribution < 1.29 is 19.1 Å². The minimum absolute atomic E-state index is 0.146. The van der Waals surface area contributed by atoms with E-state index in [1.54, 1.807) is 7.11 Å². The van der Waals surface area contributed by atoms with Crippen LogP contribution in [0.3, 0.4) is 0 Å². The highest BCUT2D eigenvalue weighted by Gasteiger charge is 2.43. The molecule has 6 heteroatoms. The molecule has 0 atom stereocenters. The molecule has 3 aromatic rings. The summed E-state index contributed by atoms with van der Waals surface area (Å²) < 4.78 is 13.0. The monoisotopic (exact) mass is 645 g/mol. The second-order valence-electron chi connectivity index (χ2n) is 10.6. The van der Waals surface area contributed by atoms with Crippen molar-refractivity contribution in [1.82, 2.24) is 4.90 Å². The Balaban J connectivity index is 1.45. The highest BCUT2D eigenvalue weighted by Crippen LogP contribution is 2.51. The van der Waals surface area contributed by atoms with E-state index < -0.39 is 0 Å². The fourth-order valence-electron chi connectivity index (χ4n) is 6.28. The van der Waals surface area contributed by atoms with Gasteiger partial charge in [0.2, 0.25) is 0 Å². The molecule has 1 aliphatic heterocycles. The molecule has 2 aliphatic carbocycles. The van der Waals surface area contributed by atoms with E-state index in [0.717, 1.165) is 62.9 Å². The maximum atomic E-state index is 13.7. The number of ketones is 2. The fourth-order valence-corrected chi connectivity index (χ4v) is 7.06. The van der Waals surface area contributed by atoms with E-state index in [1.807, 2.05) is 54.6 Å². The summed E-state index contributed by atoms with van der Waals surface area (Å²) in [5.41, 5.74) is 6.89. The molecular weight excluding hydrogens is 613 g/mol. The summed E-state index contributed by atoms with van der Waals surface area (Å²) in [4.78, 5) is 29.7. The molecule has 3 aliphatic rings. The lowest BCUT2D eigenvalue weighted by Gasteiger charge is -2.44. The van der Waals surface area contributed by atoms with E-state index in [2.05, 4.69) is 45.7 Å². The number of hydrogen-bond donors (Lipinski definition) is 0. The molecule has 0 fully saturated rings. The Kier molecular flexibility index (Phi) is 7.78. The Bertz CT molecular complexity index is 1470. The maximum absolute atomic E-state index is 13.7. The van der Waals surface area contributed by atoms with Crippen molar-refractivity contribution in [3.8, 4) is 11.5 Å². The fraction of sp³-hybridized carbons (Fsp3) is 0.294. The van der Waals surface area contributed by atoms with Gasteiger partial charge in [0, 0.05) is 47.8 Å². The van der Waals surface area contributed by atoms with Crippen LogP contribution in [0.1, 0.15) is 61.1 Å². The molecule has 0 spiro atoms. The number of allylic oxidation sites excluding steroid dienone is 4. The van der Waals surface area contributed by atoms with Crippen LogP contribution in [-0.2, 0) is 22.7 Å². The summed E-state index contributed by atoms with van der Waals surface area (Å²) in [6.45, 7) is 1.09. The van der Waals surface area contributed by atoms with Crippen LogP contribution in [-0.4, -0.2) is 23.6 Å². The molecule has 0 radical (unpaired) electrons. The minimum atomic E-state index is -0.386. The first-order chi connectivity index (χ1) is 19.5. The van der Waals surface area contributed by atoms with Gasteiger partial charge in [0.1, 0.15) is 6.61 Å². The zero-order chi connectivity index (χ0) is 27.6. The van der Waals surface area contributed by atoms with Crippen molar-refractivity contribution >= 4 is 34.2 Å². The summed E-state index contributed by atoms with van der Waals surface area (Å²) in [6.07, 6.45) is 4.36. The number of rotatable bonds is 7. The SMILES string of the molecule is COc1cc(C2C3=C(CCCC3=O)N(Cc3ccccc3)C3=C2C(=O)CCC3)cc(I)c1OCc1ccccc1. The Hall–Kier alpha value is -3.39. The molecule has 0 unspecified atom stereocenters. The van der Waals surface area contributed by atoms with Crippen molar-refractivity contribution in [2.24, 2.45) is 0 Å². The third kappa shape index (κ3) is 5.09. The molecule has 1 heterocycles. The lowest BCUT2D eigenvalue weighted by atomic mass is 9.71. The summed E-state index contributed by atoms with van der Waals surface area (Å²) in [5, 5.41) is 0. The largest absolute Gasteiger partial charge is 0.493 e. The smallest absolute Gasteiger partial charge is 0.174 e. The molecule has 0 N–H and O–H groups in total. The van der Waals surface area contributed by atoms with Crippen molar-refractivity contribution in [3.63, 3.8) is 0 Å². The molecule has 0 saturated carbocycles. The molecule has 204 valence electrons. The Labute approximate surface area is 249 Å². The van der Waals surface area contributed by atoms with Crippen LogP contribution in [0.5, 0.6) is 11.5 Å². The van der Waals surface area contributed by atoms with E-state index >= 15 is 0 Å². The van der Waals surface area contributed by atoms with Crippen LogP contribution >= 0.6 is 22.6 Å². The van der Waals surface area contributed by atoms with Gasteiger partial charge in [-0.1, -0.05) is 60.7 Å². The first-order valence-electron chi connectivity index (χ1n) is 13.9. The first-order valence-corrected chi connectivity index (χ1v) is 15.0. The van der Waals surface area contributed by atoms with Crippen LogP contribution in [0.2, 0.25) is 0 Å². The minimum Gasteiger partial charge on any atom is -0.493 e. The van der Waals surface area contributed by atoms with Crippen LogP contribution in [0.15, 0.2) is 95.3 Å². The number of carbonyl (C=O) groups excluding carboxylic acids is 2. The van der Waals surface area contributed by atoms with Gasteiger partial charge in [-0.15, -0.1) is 0 Å². The highest BCUT2D eigenvalue weighted by atomic mass is 127. The molecule has 0 amide bonds. The van der Waals surface area contributed by atoms with E-state index in [4.69, 9.17) is 9.47 Å². The third-order valence-corrected chi connectivity index (χ3v) is 8.88. The second-order valence-corrected chi connectivity index (χ2v) is 11.7. The molecule has 0 saturated heterocycles. The van der Waals surface area contributed by atoms with Crippen molar-refractivity contribution in [3.05, 3.63) is 116 Å². The van der Waals surface area contributed by atoms with E-state index in [9.17, 15) is 9.59 Å². The molecule has 40 heavy (non-hydrogen) atoms. The standard InChI is InChI=1S/C34H32INO4/c1-39-30-19-24(18-25(35)34(30)40-21-23-12-6-3-7-13-23)31-32-26(14-8-16-28(32)37)36(20-22-10-4-2-5-11-22)27-15-9-17-29(38)33(27)31/h2-7,10-13,18-19,31H,8-9,14-17,20-21H2,1H3. The summed E-state index contributed by atoms with van der Waals surface area (Å²) in [5.74, 6) is 1.19. The zero-order valence-electron chi connectivity index (χ0n) is 22.6. The average Bonchev–Trinajstić information content (AvgIpc) is 2.98. The van der Waals surface area contributed by atoms with Crippen LogP contribution in [0, 0.1) is 3.57 Å². The van der Waals surface area contributed by atoms with Gasteiger partial charge in [0.25, 0.3) is 0 Å². The summed E-state index contributed by atoms with van der Waals surface area (Å²) in [6, 6.07) is 24.4. The van der Waals surface area contributed by atoms with Crippen LogP contribution < -0.4 is 9.47 Å². The van der Waals surface area contributed by atoms with Gasteiger partial charge in [0.05, 0.1) is 10.7 Å². The van der Waals surface area contributed by atoms with Crippen LogP contribution in [0.4, 0.5) is 0 Å². The highest BCUT2D eigenvalue weighted by molar-refractivity contribution is 14.1. The third-order valence-electron chi connectivity index (χ3n) is 8.08. The van der Waals surface area contributed by atoms with Gasteiger partial charge in [-0.25, -0.2) is 0 Å². The first kappa shape index (κ1) is 26.8. The Morgan fingerprint density at radius 3 is 1.95 bits per heavy atom. The Morgan fingerprint density at radius 2 is 1.38 bits per heavy atom. The van der Waals surface area contributed by atoms with Crippen LogP contribution in [0.25, 0.3) is 0 Å². The molecule has 3 aromatic carbocycles. The van der Waals surface area contributed by atoms with Crippen molar-refractivity contribution in [2.45, 2.75) is 57.6 Å². The topological polar surface area (TPSA) is 55.8 Å². The van der Waals surface area contributed by atoms with E-state index in [0.29, 0.717) is 37.5 Å². The summed E-state index contributed by atoms with van der Waals surface area (Å²) >= 11 is 2.28. The Morgan fingerprint density at radius 1 is 0.800 bits per heavy atom. The molecule has 6 rings (SSSR count). The number of methoxy groups -OCH3 is 1. The summed E-state index contributed by atoms with van der Waals surface area (Å²) in [7, 11) is 1.64. The number of Topliss-reactive ketones (excluding diaryl/α,β-unsaturated/α-hetero) is 2. The number of hydrogen-bond acceptors (Lipinski definition) is 5. The molecular formula is C34H32INO4. The lowest BCUT2D eigenvalue weighted by molar-refractivity contribution is -0.117. The quantitative estimate of drug-likeness (QED) is 0.249. The number of nitrogens with zero attached hydrogens (tertiary/aromatic N) is 1. The number of halogens is 1. The second kappa shape index (κ2) is 11.6. The van der Waals surface area contributed by atoms with Gasteiger partial charge in [-0.2, -0.15) is 0 Å². The van der Waals surface area contributed by atoms with Gasteiger partial charge in [0.15, 0.2) is 23.1 Å². The van der Waals surface area contributed by atoms with Gasteiger partial charge in [-0.05, 0) is 77.1 Å². The van der Waals surface area contributed by atoms with Gasteiger partial charge >= 0.3 is 0 Å². The maximum Gasteiger partial charge on any atom is 0.174 e. The molecule has 0 bridgehead atoms. The molecule has 0 aromatic heterocycles. The number of benzene rings is 3. The van der Waals surface area contributed by atoms with Crippen molar-refractivity contribution in [1.29, 1.82) is 0 Å². The normalized spacial score (nSPS) is 17.6.